The van der Waals surface area contributed by atoms with Crippen LogP contribution in [0.15, 0.2) is 0 Å². The number of aliphatic carboxylic acids is 1. The van der Waals surface area contributed by atoms with E-state index in [-0.39, 0.29) is 0 Å². The fraction of sp³-hybridized carbons (Fsp3) is 0.833. The first-order chi connectivity index (χ1) is 7.29. The van der Waals surface area contributed by atoms with Crippen molar-refractivity contribution in [3.63, 3.8) is 0 Å². The molecule has 0 bridgehead atoms. The summed E-state index contributed by atoms with van der Waals surface area (Å²) in [6, 6.07) is 0. The van der Waals surface area contributed by atoms with E-state index >= 15 is 0 Å². The first kappa shape index (κ1) is 15.9. The van der Waals surface area contributed by atoms with Crippen LogP contribution in [-0.4, -0.2) is 35.6 Å². The fourth-order valence-corrected chi connectivity index (χ4v) is 0.677. The smallest absolute Gasteiger partial charge is 0.481 e. The monoisotopic (exact) mass is 276 g/mol. The van der Waals surface area contributed by atoms with Crippen LogP contribution in [-0.2, 0) is 9.53 Å². The average molecular weight is 276 g/mol. The number of ether oxygens (including phenoxy) is 1. The molecule has 1 atom stereocenters. The second-order valence-corrected chi connectivity index (χ2v) is 2.75. The molecule has 1 N–H and O–H groups in total. The van der Waals surface area contributed by atoms with Gasteiger partial charge in [-0.2, -0.15) is 17.6 Å². The molecular weight excluding hydrogens is 272 g/mol. The SMILES string of the molecule is O=C(O)CC(F)C(F)(F)C(F)(F)OC(F)(F)F. The average Bonchev–Trinajstić information content (AvgIpc) is 1.97. The molecule has 0 rings (SSSR count). The molecule has 0 aromatic heterocycles. The summed E-state index contributed by atoms with van der Waals surface area (Å²) in [5, 5.41) is 7.86. The molecule has 102 valence electrons. The van der Waals surface area contributed by atoms with Crippen LogP contribution in [0.1, 0.15) is 6.42 Å². The van der Waals surface area contributed by atoms with Gasteiger partial charge in [-0.1, -0.05) is 0 Å². The van der Waals surface area contributed by atoms with E-state index in [0.717, 1.165) is 0 Å². The van der Waals surface area contributed by atoms with Crippen molar-refractivity contribution >= 4 is 5.97 Å². The van der Waals surface area contributed by atoms with Gasteiger partial charge < -0.3 is 5.11 Å². The largest absolute Gasteiger partial charge is 0.527 e. The summed E-state index contributed by atoms with van der Waals surface area (Å²) in [6.45, 7) is 0. The molecule has 3 nitrogen and oxygen atoms in total. The van der Waals surface area contributed by atoms with Crippen molar-refractivity contribution in [2.75, 3.05) is 0 Å². The summed E-state index contributed by atoms with van der Waals surface area (Å²) in [5.41, 5.74) is 0. The van der Waals surface area contributed by atoms with Gasteiger partial charge in [0, 0.05) is 0 Å². The third-order valence-electron chi connectivity index (χ3n) is 1.38. The van der Waals surface area contributed by atoms with Gasteiger partial charge in [0.15, 0.2) is 6.17 Å². The van der Waals surface area contributed by atoms with Crippen LogP contribution in [0.2, 0.25) is 0 Å². The number of carboxylic acids is 1. The van der Waals surface area contributed by atoms with E-state index in [1.807, 2.05) is 0 Å². The van der Waals surface area contributed by atoms with Crippen LogP contribution >= 0.6 is 0 Å². The van der Waals surface area contributed by atoms with Gasteiger partial charge >= 0.3 is 24.4 Å². The van der Waals surface area contributed by atoms with Gasteiger partial charge in [0.05, 0.1) is 6.42 Å². The summed E-state index contributed by atoms with van der Waals surface area (Å²) >= 11 is 0. The molecule has 0 aromatic rings. The summed E-state index contributed by atoms with van der Waals surface area (Å²) in [6.07, 6.45) is -18.5. The molecule has 0 aromatic carbocycles. The van der Waals surface area contributed by atoms with Gasteiger partial charge in [-0.25, -0.2) is 9.13 Å². The van der Waals surface area contributed by atoms with Gasteiger partial charge in [-0.15, -0.1) is 13.2 Å². The predicted octanol–water partition coefficient (Wildman–Crippen LogP) is 2.56. The lowest BCUT2D eigenvalue weighted by Gasteiger charge is -2.28. The lowest BCUT2D eigenvalue weighted by atomic mass is 10.1. The van der Waals surface area contributed by atoms with Crippen molar-refractivity contribution in [3.8, 4) is 0 Å². The maximum Gasteiger partial charge on any atom is 0.527 e. The van der Waals surface area contributed by atoms with E-state index in [2.05, 4.69) is 0 Å². The topological polar surface area (TPSA) is 46.5 Å². The van der Waals surface area contributed by atoms with Crippen LogP contribution in [0.4, 0.5) is 35.1 Å². The highest BCUT2D eigenvalue weighted by molar-refractivity contribution is 5.67. The molecule has 0 aliphatic heterocycles. The van der Waals surface area contributed by atoms with Crippen molar-refractivity contribution in [2.45, 2.75) is 31.0 Å². The number of rotatable bonds is 5. The second-order valence-electron chi connectivity index (χ2n) is 2.75. The van der Waals surface area contributed by atoms with Crippen molar-refractivity contribution in [2.24, 2.45) is 0 Å². The maximum absolute atomic E-state index is 12.5. The van der Waals surface area contributed by atoms with Crippen LogP contribution in [0.5, 0.6) is 0 Å². The van der Waals surface area contributed by atoms with E-state index in [0.29, 0.717) is 0 Å². The van der Waals surface area contributed by atoms with E-state index in [1.165, 1.54) is 0 Å². The maximum atomic E-state index is 12.5. The Morgan fingerprint density at radius 1 is 1.12 bits per heavy atom. The minimum Gasteiger partial charge on any atom is -0.481 e. The normalized spacial score (nSPS) is 15.8. The zero-order valence-corrected chi connectivity index (χ0v) is 7.57. The molecule has 0 aliphatic carbocycles. The number of hydrogen-bond donors (Lipinski definition) is 1. The Balaban J connectivity index is 4.94. The second kappa shape index (κ2) is 4.63. The zero-order chi connectivity index (χ0) is 14.1. The standard InChI is InChI=1S/C6H4F8O3/c7-2(1-3(15)16)4(8,9)5(10,11)17-6(12,13)14/h2H,1H2,(H,15,16). The molecule has 0 fully saturated rings. The van der Waals surface area contributed by atoms with E-state index < -0.39 is 37.0 Å². The number of carbonyl (C=O) groups is 1. The number of hydrogen-bond acceptors (Lipinski definition) is 2. The Kier molecular flexibility index (Phi) is 4.32. The third kappa shape index (κ3) is 4.32. The number of halogens is 8. The van der Waals surface area contributed by atoms with Crippen LogP contribution in [0.3, 0.4) is 0 Å². The molecule has 0 spiro atoms. The van der Waals surface area contributed by atoms with E-state index in [4.69, 9.17) is 5.11 Å². The lowest BCUT2D eigenvalue weighted by Crippen LogP contribution is -2.52. The van der Waals surface area contributed by atoms with Gasteiger partial charge in [-0.3, -0.25) is 4.79 Å². The Morgan fingerprint density at radius 3 is 1.82 bits per heavy atom. The minimum absolute atomic E-state index is 1.78. The van der Waals surface area contributed by atoms with Crippen LogP contribution < -0.4 is 0 Å². The van der Waals surface area contributed by atoms with Crippen molar-refractivity contribution in [1.82, 2.24) is 0 Å². The predicted molar refractivity (Wildman–Crippen MR) is 34.2 cm³/mol. The van der Waals surface area contributed by atoms with E-state index in [1.54, 1.807) is 4.74 Å². The summed E-state index contributed by atoms with van der Waals surface area (Å²) in [4.78, 5) is 9.79. The van der Waals surface area contributed by atoms with Crippen molar-refractivity contribution in [3.05, 3.63) is 0 Å². The molecule has 0 saturated heterocycles. The van der Waals surface area contributed by atoms with Gasteiger partial charge in [0.2, 0.25) is 0 Å². The molecule has 0 aliphatic rings. The van der Waals surface area contributed by atoms with E-state index in [9.17, 15) is 39.9 Å². The first-order valence-electron chi connectivity index (χ1n) is 3.68. The fourth-order valence-electron chi connectivity index (χ4n) is 0.677. The highest BCUT2D eigenvalue weighted by atomic mass is 19.4. The molecule has 0 amide bonds. The molecule has 17 heavy (non-hydrogen) atoms. The number of alkyl halides is 8. The molecule has 11 heteroatoms. The Bertz CT molecular complexity index is 285. The van der Waals surface area contributed by atoms with Gasteiger partial charge in [-0.05, 0) is 0 Å². The third-order valence-corrected chi connectivity index (χ3v) is 1.38. The summed E-state index contributed by atoms with van der Waals surface area (Å²) in [7, 11) is 0. The Morgan fingerprint density at radius 2 is 1.53 bits per heavy atom. The highest BCUT2D eigenvalue weighted by Gasteiger charge is 2.67. The Hall–Kier alpha value is -1.13. The molecular formula is C6H4F8O3. The molecule has 0 radical (unpaired) electrons. The van der Waals surface area contributed by atoms with Gasteiger partial charge in [0.1, 0.15) is 0 Å². The lowest BCUT2D eigenvalue weighted by molar-refractivity contribution is -0.470. The van der Waals surface area contributed by atoms with Gasteiger partial charge in [0.25, 0.3) is 0 Å². The van der Waals surface area contributed by atoms with Crippen LogP contribution in [0.25, 0.3) is 0 Å². The quantitative estimate of drug-likeness (QED) is 0.785. The van der Waals surface area contributed by atoms with Crippen LogP contribution in [0, 0.1) is 0 Å². The summed E-state index contributed by atoms with van der Waals surface area (Å²) < 4.78 is 97.7. The molecule has 1 unspecified atom stereocenters. The Labute approximate surface area is 88.0 Å². The minimum atomic E-state index is -6.21. The molecule has 0 heterocycles. The number of carboxylic acid groups (broad SMARTS) is 1. The van der Waals surface area contributed by atoms with Crippen molar-refractivity contribution < 1.29 is 49.8 Å². The first-order valence-corrected chi connectivity index (χ1v) is 3.68. The summed E-state index contributed by atoms with van der Waals surface area (Å²) in [5.74, 6) is -8.15. The zero-order valence-electron chi connectivity index (χ0n) is 7.57. The molecule has 0 saturated carbocycles. The highest BCUT2D eigenvalue weighted by Crippen LogP contribution is 2.43. The van der Waals surface area contributed by atoms with Crippen molar-refractivity contribution in [1.29, 1.82) is 0 Å².